The van der Waals surface area contributed by atoms with E-state index in [0.29, 0.717) is 45.8 Å². The molecule has 40 heavy (non-hydrogen) atoms. The number of nitrogens with one attached hydrogen (secondary N) is 1. The van der Waals surface area contributed by atoms with Gasteiger partial charge in [-0.3, -0.25) is 9.69 Å². The van der Waals surface area contributed by atoms with E-state index in [2.05, 4.69) is 11.1 Å². The van der Waals surface area contributed by atoms with Gasteiger partial charge in [0.05, 0.1) is 24.8 Å². The fraction of sp³-hybridized carbons (Fsp3) is 0.167. The number of rotatable bonds is 10. The standard InChI is InChI=1S/C30H27N3O6S/c1-37-22-10-8-21(9-11-22)32-30-33(14-13-20-17-31-24-6-4-3-5-23(20)24)29(36)27(40-30)16-19-7-12-25(26(15-19)38-2)39-18-28(34)35/h3-12,15-17,31H,13-14,18H2,1-2H3,(H,34,35)/b27-16-,32-30?. The summed E-state index contributed by atoms with van der Waals surface area (Å²) in [5.74, 6) is 0.161. The van der Waals surface area contributed by atoms with Crippen molar-refractivity contribution in [2.45, 2.75) is 6.42 Å². The smallest absolute Gasteiger partial charge is 0.341 e. The Morgan fingerprint density at radius 2 is 1.85 bits per heavy atom. The van der Waals surface area contributed by atoms with Crippen LogP contribution >= 0.6 is 11.8 Å². The topological polar surface area (TPSA) is 113 Å². The van der Waals surface area contributed by atoms with Crippen LogP contribution in [0.3, 0.4) is 0 Å². The van der Waals surface area contributed by atoms with E-state index in [1.807, 2.05) is 48.7 Å². The monoisotopic (exact) mass is 557 g/mol. The van der Waals surface area contributed by atoms with Gasteiger partial charge in [0, 0.05) is 23.6 Å². The molecule has 0 atom stereocenters. The minimum atomic E-state index is -1.09. The maximum atomic E-state index is 13.6. The Kier molecular flexibility index (Phi) is 8.07. The van der Waals surface area contributed by atoms with Crippen molar-refractivity contribution in [3.05, 3.63) is 89.0 Å². The zero-order valence-electron chi connectivity index (χ0n) is 21.9. The molecule has 1 saturated heterocycles. The number of amidine groups is 1. The van der Waals surface area contributed by atoms with Gasteiger partial charge in [-0.05, 0) is 77.9 Å². The van der Waals surface area contributed by atoms with Gasteiger partial charge in [0.2, 0.25) is 0 Å². The predicted octanol–water partition coefficient (Wildman–Crippen LogP) is 5.50. The SMILES string of the molecule is COc1ccc(N=C2S/C(=C\c3ccc(OCC(=O)O)c(OC)c3)C(=O)N2CCc2c[nH]c3ccccc23)cc1. The third-order valence-electron chi connectivity index (χ3n) is 6.30. The molecular formula is C30H27N3O6S. The number of benzene rings is 3. The number of carboxylic acid groups (broad SMARTS) is 1. The lowest BCUT2D eigenvalue weighted by molar-refractivity contribution is -0.139. The second kappa shape index (κ2) is 12.0. The van der Waals surface area contributed by atoms with Crippen LogP contribution < -0.4 is 14.2 Å². The largest absolute Gasteiger partial charge is 0.497 e. The van der Waals surface area contributed by atoms with Gasteiger partial charge < -0.3 is 24.3 Å². The minimum Gasteiger partial charge on any atom is -0.497 e. The van der Waals surface area contributed by atoms with E-state index in [0.717, 1.165) is 22.2 Å². The summed E-state index contributed by atoms with van der Waals surface area (Å²) in [7, 11) is 3.08. The van der Waals surface area contributed by atoms with Crippen molar-refractivity contribution in [2.24, 2.45) is 4.99 Å². The van der Waals surface area contributed by atoms with Crippen molar-refractivity contribution < 1.29 is 28.9 Å². The predicted molar refractivity (Wildman–Crippen MR) is 155 cm³/mol. The molecule has 204 valence electrons. The Balaban J connectivity index is 1.43. The Bertz CT molecular complexity index is 1610. The lowest BCUT2D eigenvalue weighted by Gasteiger charge is -2.15. The molecule has 0 bridgehead atoms. The fourth-order valence-corrected chi connectivity index (χ4v) is 5.34. The lowest BCUT2D eigenvalue weighted by Crippen LogP contribution is -2.31. The first-order valence-electron chi connectivity index (χ1n) is 12.5. The molecule has 2 N–H and O–H groups in total. The van der Waals surface area contributed by atoms with Crippen molar-refractivity contribution in [3.8, 4) is 17.2 Å². The van der Waals surface area contributed by atoms with Crippen LogP contribution in [-0.4, -0.2) is 59.4 Å². The number of ether oxygens (including phenoxy) is 3. The number of aromatic nitrogens is 1. The highest BCUT2D eigenvalue weighted by Crippen LogP contribution is 2.36. The molecule has 10 heteroatoms. The summed E-state index contributed by atoms with van der Waals surface area (Å²) in [6, 6.07) is 20.5. The molecule has 9 nitrogen and oxygen atoms in total. The Morgan fingerprint density at radius 3 is 2.60 bits per heavy atom. The Labute approximate surface area is 235 Å². The number of methoxy groups -OCH3 is 2. The maximum absolute atomic E-state index is 13.6. The van der Waals surface area contributed by atoms with Gasteiger partial charge in [-0.15, -0.1) is 0 Å². The number of aliphatic carboxylic acids is 1. The number of fused-ring (bicyclic) bond motifs is 1. The molecule has 1 fully saturated rings. The zero-order chi connectivity index (χ0) is 28.1. The van der Waals surface area contributed by atoms with E-state index in [-0.39, 0.29) is 5.91 Å². The molecular weight excluding hydrogens is 530 g/mol. The molecule has 0 aliphatic carbocycles. The molecule has 1 aliphatic rings. The van der Waals surface area contributed by atoms with Crippen molar-refractivity contribution in [1.29, 1.82) is 0 Å². The molecule has 2 heterocycles. The Morgan fingerprint density at radius 1 is 1.05 bits per heavy atom. The minimum absolute atomic E-state index is 0.151. The quantitative estimate of drug-likeness (QED) is 0.248. The van der Waals surface area contributed by atoms with E-state index in [9.17, 15) is 9.59 Å². The molecule has 1 amide bonds. The number of aromatic amines is 1. The van der Waals surface area contributed by atoms with Crippen LogP contribution in [0, 0.1) is 0 Å². The fourth-order valence-electron chi connectivity index (χ4n) is 4.31. The highest BCUT2D eigenvalue weighted by Gasteiger charge is 2.33. The van der Waals surface area contributed by atoms with Gasteiger partial charge >= 0.3 is 5.97 Å². The lowest BCUT2D eigenvalue weighted by atomic mass is 10.1. The number of thioether (sulfide) groups is 1. The molecule has 4 aromatic rings. The first-order valence-corrected chi connectivity index (χ1v) is 13.3. The summed E-state index contributed by atoms with van der Waals surface area (Å²) < 4.78 is 15.9. The number of nitrogens with zero attached hydrogens (tertiary/aromatic N) is 2. The zero-order valence-corrected chi connectivity index (χ0v) is 22.7. The van der Waals surface area contributed by atoms with Gasteiger partial charge in [-0.25, -0.2) is 9.79 Å². The van der Waals surface area contributed by atoms with Gasteiger partial charge in [0.1, 0.15) is 5.75 Å². The second-order valence-corrected chi connectivity index (χ2v) is 9.87. The highest BCUT2D eigenvalue weighted by atomic mass is 32.2. The summed E-state index contributed by atoms with van der Waals surface area (Å²) in [6.45, 7) is -0.0347. The first-order chi connectivity index (χ1) is 19.4. The summed E-state index contributed by atoms with van der Waals surface area (Å²) in [6.07, 6.45) is 4.40. The van der Waals surface area contributed by atoms with Crippen LogP contribution in [0.2, 0.25) is 0 Å². The van der Waals surface area contributed by atoms with E-state index >= 15 is 0 Å². The van der Waals surface area contributed by atoms with Gasteiger partial charge in [-0.1, -0.05) is 24.3 Å². The molecule has 0 unspecified atom stereocenters. The van der Waals surface area contributed by atoms with Crippen molar-refractivity contribution in [2.75, 3.05) is 27.4 Å². The summed E-state index contributed by atoms with van der Waals surface area (Å²) >= 11 is 1.30. The van der Waals surface area contributed by atoms with E-state index in [4.69, 9.17) is 24.3 Å². The van der Waals surface area contributed by atoms with Gasteiger partial charge in [-0.2, -0.15) is 0 Å². The van der Waals surface area contributed by atoms with Crippen LogP contribution in [-0.2, 0) is 16.0 Å². The second-order valence-electron chi connectivity index (χ2n) is 8.86. The number of hydrogen-bond donors (Lipinski definition) is 2. The number of carbonyl (C=O) groups excluding carboxylic acids is 1. The number of carboxylic acids is 1. The molecule has 0 saturated carbocycles. The van der Waals surface area contributed by atoms with Gasteiger partial charge in [0.25, 0.3) is 5.91 Å². The van der Waals surface area contributed by atoms with Crippen LogP contribution in [0.5, 0.6) is 17.2 Å². The number of para-hydroxylation sites is 1. The van der Waals surface area contributed by atoms with Crippen LogP contribution in [0.25, 0.3) is 17.0 Å². The molecule has 5 rings (SSSR count). The van der Waals surface area contributed by atoms with E-state index in [1.165, 1.54) is 18.9 Å². The van der Waals surface area contributed by atoms with E-state index in [1.54, 1.807) is 36.3 Å². The third-order valence-corrected chi connectivity index (χ3v) is 7.31. The third kappa shape index (κ3) is 5.97. The number of H-pyrrole nitrogens is 1. The van der Waals surface area contributed by atoms with Crippen LogP contribution in [0.15, 0.2) is 82.8 Å². The number of hydrogen-bond acceptors (Lipinski definition) is 7. The summed E-state index contributed by atoms with van der Waals surface area (Å²) in [5, 5.41) is 10.6. The van der Waals surface area contributed by atoms with Crippen molar-refractivity contribution in [3.63, 3.8) is 0 Å². The first kappa shape index (κ1) is 26.9. The average molecular weight is 558 g/mol. The molecule has 3 aromatic carbocycles. The molecule has 1 aliphatic heterocycles. The number of aliphatic imine (C=N–C) groups is 1. The normalized spacial score (nSPS) is 15.2. The average Bonchev–Trinajstić information content (AvgIpc) is 3.51. The van der Waals surface area contributed by atoms with Gasteiger partial charge in [0.15, 0.2) is 23.3 Å². The Hall–Kier alpha value is -4.70. The number of amides is 1. The van der Waals surface area contributed by atoms with E-state index < -0.39 is 12.6 Å². The van der Waals surface area contributed by atoms with Crippen LogP contribution in [0.1, 0.15) is 11.1 Å². The molecule has 0 spiro atoms. The maximum Gasteiger partial charge on any atom is 0.341 e. The molecule has 1 aromatic heterocycles. The van der Waals surface area contributed by atoms with Crippen molar-refractivity contribution in [1.82, 2.24) is 9.88 Å². The summed E-state index contributed by atoms with van der Waals surface area (Å²) in [5.41, 5.74) is 3.59. The summed E-state index contributed by atoms with van der Waals surface area (Å²) in [4.78, 5) is 34.8. The van der Waals surface area contributed by atoms with Crippen LogP contribution in [0.4, 0.5) is 5.69 Å². The molecule has 0 radical (unpaired) electrons. The highest BCUT2D eigenvalue weighted by molar-refractivity contribution is 8.18. The number of carbonyl (C=O) groups is 2. The van der Waals surface area contributed by atoms with Crippen molar-refractivity contribution >= 4 is 51.5 Å².